The number of aromatic amines is 1. The fraction of sp³-hybridized carbons (Fsp3) is 0.364. The van der Waals surface area contributed by atoms with Crippen LogP contribution in [0.15, 0.2) is 18.2 Å². The van der Waals surface area contributed by atoms with E-state index in [9.17, 15) is 0 Å². The van der Waals surface area contributed by atoms with Gasteiger partial charge in [-0.3, -0.25) is 0 Å². The lowest BCUT2D eigenvalue weighted by Crippen LogP contribution is -2.12. The maximum Gasteiger partial charge on any atom is 0.121 e. The molecule has 0 amide bonds. The Balaban J connectivity index is 2.36. The molecule has 1 heterocycles. The normalized spacial score (nSPS) is 11.0. The largest absolute Gasteiger partial charge is 0.341 e. The Hall–Kier alpha value is -1.35. The fourth-order valence-corrected chi connectivity index (χ4v) is 1.55. The molecule has 0 unspecified atom stereocenters. The fourth-order valence-electron chi connectivity index (χ4n) is 1.55. The second-order valence-electron chi connectivity index (χ2n) is 3.43. The van der Waals surface area contributed by atoms with Crippen LogP contribution in [0.4, 0.5) is 0 Å². The minimum atomic E-state index is 0.810. The van der Waals surface area contributed by atoms with Gasteiger partial charge in [0.15, 0.2) is 0 Å². The van der Waals surface area contributed by atoms with Crippen LogP contribution in [0.2, 0.25) is 0 Å². The summed E-state index contributed by atoms with van der Waals surface area (Å²) in [6.07, 6.45) is 0. The van der Waals surface area contributed by atoms with E-state index in [1.54, 1.807) is 0 Å². The standard InChI is InChI=1S/C11H15N3/c1-3-12-7-10-13-9-6-4-5-8(2)11(9)14-10/h4-6,12H,3,7H2,1-2H3,(H,13,14). The monoisotopic (exact) mass is 189 g/mol. The molecular weight excluding hydrogens is 174 g/mol. The summed E-state index contributed by atoms with van der Waals surface area (Å²) in [7, 11) is 0. The van der Waals surface area contributed by atoms with Gasteiger partial charge in [0.05, 0.1) is 17.6 Å². The Kier molecular flexibility index (Phi) is 2.50. The number of para-hydroxylation sites is 1. The molecule has 2 N–H and O–H groups in total. The van der Waals surface area contributed by atoms with Gasteiger partial charge >= 0.3 is 0 Å². The van der Waals surface area contributed by atoms with E-state index in [0.717, 1.165) is 29.9 Å². The maximum absolute atomic E-state index is 4.53. The summed E-state index contributed by atoms with van der Waals surface area (Å²) < 4.78 is 0. The molecule has 0 spiro atoms. The van der Waals surface area contributed by atoms with Crippen LogP contribution in [-0.2, 0) is 6.54 Å². The maximum atomic E-state index is 4.53. The molecule has 0 fully saturated rings. The third-order valence-corrected chi connectivity index (χ3v) is 2.31. The lowest BCUT2D eigenvalue weighted by Gasteiger charge is -1.94. The SMILES string of the molecule is CCNCc1nc2c(C)cccc2[nH]1. The third-order valence-electron chi connectivity index (χ3n) is 2.31. The van der Waals surface area contributed by atoms with Crippen LogP contribution in [0.5, 0.6) is 0 Å². The second-order valence-corrected chi connectivity index (χ2v) is 3.43. The highest BCUT2D eigenvalue weighted by atomic mass is 15.0. The van der Waals surface area contributed by atoms with Crippen LogP contribution in [0.3, 0.4) is 0 Å². The van der Waals surface area contributed by atoms with Crippen molar-refractivity contribution in [2.45, 2.75) is 20.4 Å². The van der Waals surface area contributed by atoms with Crippen LogP contribution in [-0.4, -0.2) is 16.5 Å². The van der Waals surface area contributed by atoms with E-state index in [-0.39, 0.29) is 0 Å². The number of H-pyrrole nitrogens is 1. The van der Waals surface area contributed by atoms with Crippen LogP contribution in [0.1, 0.15) is 18.3 Å². The molecule has 3 heteroatoms. The molecular formula is C11H15N3. The summed E-state index contributed by atoms with van der Waals surface area (Å²) in [6.45, 7) is 5.95. The summed E-state index contributed by atoms with van der Waals surface area (Å²) in [6, 6.07) is 6.19. The molecule has 0 saturated heterocycles. The molecule has 74 valence electrons. The molecule has 0 aliphatic carbocycles. The van der Waals surface area contributed by atoms with Gasteiger partial charge < -0.3 is 10.3 Å². The van der Waals surface area contributed by atoms with E-state index >= 15 is 0 Å². The molecule has 0 atom stereocenters. The Morgan fingerprint density at radius 3 is 3.00 bits per heavy atom. The van der Waals surface area contributed by atoms with Gasteiger partial charge in [0.25, 0.3) is 0 Å². The molecule has 3 nitrogen and oxygen atoms in total. The van der Waals surface area contributed by atoms with Gasteiger partial charge in [-0.15, -0.1) is 0 Å². The summed E-state index contributed by atoms with van der Waals surface area (Å²) in [5.41, 5.74) is 3.43. The van der Waals surface area contributed by atoms with E-state index in [1.807, 2.05) is 6.07 Å². The van der Waals surface area contributed by atoms with Crippen molar-refractivity contribution in [3.05, 3.63) is 29.6 Å². The van der Waals surface area contributed by atoms with Crippen molar-refractivity contribution in [3.63, 3.8) is 0 Å². The van der Waals surface area contributed by atoms with E-state index in [0.29, 0.717) is 0 Å². The molecule has 1 aromatic carbocycles. The first-order chi connectivity index (χ1) is 6.81. The Bertz CT molecular complexity index is 431. The number of rotatable bonds is 3. The molecule has 0 radical (unpaired) electrons. The number of nitrogens with one attached hydrogen (secondary N) is 2. The summed E-state index contributed by atoms with van der Waals surface area (Å²) in [4.78, 5) is 7.83. The number of imidazole rings is 1. The van der Waals surface area contributed by atoms with Gasteiger partial charge in [-0.2, -0.15) is 0 Å². The first-order valence-electron chi connectivity index (χ1n) is 4.96. The van der Waals surface area contributed by atoms with Gasteiger partial charge in [0.1, 0.15) is 5.82 Å². The first-order valence-corrected chi connectivity index (χ1v) is 4.96. The Labute approximate surface area is 83.6 Å². The number of hydrogen-bond donors (Lipinski definition) is 2. The van der Waals surface area contributed by atoms with Crippen LogP contribution in [0.25, 0.3) is 11.0 Å². The van der Waals surface area contributed by atoms with Crippen LogP contribution >= 0.6 is 0 Å². The number of aromatic nitrogens is 2. The van der Waals surface area contributed by atoms with Gasteiger partial charge in [-0.05, 0) is 25.1 Å². The molecule has 1 aromatic heterocycles. The van der Waals surface area contributed by atoms with Crippen molar-refractivity contribution in [1.29, 1.82) is 0 Å². The number of hydrogen-bond acceptors (Lipinski definition) is 2. The van der Waals surface area contributed by atoms with Gasteiger partial charge in [0, 0.05) is 0 Å². The van der Waals surface area contributed by atoms with E-state index < -0.39 is 0 Å². The quantitative estimate of drug-likeness (QED) is 0.775. The minimum Gasteiger partial charge on any atom is -0.341 e. The van der Waals surface area contributed by atoms with Crippen molar-refractivity contribution in [3.8, 4) is 0 Å². The van der Waals surface area contributed by atoms with E-state index in [1.165, 1.54) is 5.56 Å². The van der Waals surface area contributed by atoms with Crippen molar-refractivity contribution in [2.75, 3.05) is 6.54 Å². The zero-order valence-electron chi connectivity index (χ0n) is 8.59. The Morgan fingerprint density at radius 1 is 1.43 bits per heavy atom. The second kappa shape index (κ2) is 3.80. The lowest BCUT2D eigenvalue weighted by atomic mass is 10.2. The smallest absolute Gasteiger partial charge is 0.121 e. The molecule has 0 aliphatic heterocycles. The lowest BCUT2D eigenvalue weighted by molar-refractivity contribution is 0.700. The average molecular weight is 189 g/mol. The molecule has 0 saturated carbocycles. The highest BCUT2D eigenvalue weighted by molar-refractivity contribution is 5.78. The van der Waals surface area contributed by atoms with Gasteiger partial charge in [0.2, 0.25) is 0 Å². The van der Waals surface area contributed by atoms with Gasteiger partial charge in [-0.1, -0.05) is 19.1 Å². The third kappa shape index (κ3) is 1.63. The van der Waals surface area contributed by atoms with E-state index in [2.05, 4.69) is 41.3 Å². The van der Waals surface area contributed by atoms with Crippen molar-refractivity contribution in [2.24, 2.45) is 0 Å². The molecule has 14 heavy (non-hydrogen) atoms. The average Bonchev–Trinajstić information content (AvgIpc) is 2.59. The van der Waals surface area contributed by atoms with Crippen molar-refractivity contribution < 1.29 is 0 Å². The topological polar surface area (TPSA) is 40.7 Å². The number of aryl methyl sites for hydroxylation is 1. The van der Waals surface area contributed by atoms with Gasteiger partial charge in [-0.25, -0.2) is 4.98 Å². The number of benzene rings is 1. The van der Waals surface area contributed by atoms with Crippen LogP contribution < -0.4 is 5.32 Å². The van der Waals surface area contributed by atoms with E-state index in [4.69, 9.17) is 0 Å². The minimum absolute atomic E-state index is 0.810. The summed E-state index contributed by atoms with van der Waals surface area (Å²) >= 11 is 0. The number of fused-ring (bicyclic) bond motifs is 1. The zero-order chi connectivity index (χ0) is 9.97. The molecule has 2 rings (SSSR count). The molecule has 0 aliphatic rings. The van der Waals surface area contributed by atoms with Crippen molar-refractivity contribution in [1.82, 2.24) is 15.3 Å². The zero-order valence-corrected chi connectivity index (χ0v) is 8.59. The molecule has 2 aromatic rings. The van der Waals surface area contributed by atoms with Crippen LogP contribution in [0, 0.1) is 6.92 Å². The predicted molar refractivity (Wildman–Crippen MR) is 58.2 cm³/mol. The highest BCUT2D eigenvalue weighted by Gasteiger charge is 2.03. The summed E-state index contributed by atoms with van der Waals surface area (Å²) in [5, 5.41) is 3.25. The molecule has 0 bridgehead atoms. The first kappa shape index (κ1) is 9.21. The number of nitrogens with zero attached hydrogens (tertiary/aromatic N) is 1. The Morgan fingerprint density at radius 2 is 2.29 bits per heavy atom. The summed E-state index contributed by atoms with van der Waals surface area (Å²) in [5.74, 6) is 1.01. The predicted octanol–water partition coefficient (Wildman–Crippen LogP) is 1.98. The highest BCUT2D eigenvalue weighted by Crippen LogP contribution is 2.14. The van der Waals surface area contributed by atoms with Crippen molar-refractivity contribution >= 4 is 11.0 Å².